The van der Waals surface area contributed by atoms with Gasteiger partial charge >= 0.3 is 0 Å². The van der Waals surface area contributed by atoms with Crippen LogP contribution in [0.2, 0.25) is 0 Å². The fourth-order valence-electron chi connectivity index (χ4n) is 1.78. The Labute approximate surface area is 103 Å². The predicted molar refractivity (Wildman–Crippen MR) is 68.2 cm³/mol. The van der Waals surface area contributed by atoms with Gasteiger partial charge in [-0.1, -0.05) is 0 Å². The van der Waals surface area contributed by atoms with Crippen molar-refractivity contribution in [3.8, 4) is 17.2 Å². The Morgan fingerprint density at radius 3 is 3.00 bits per heavy atom. The van der Waals surface area contributed by atoms with E-state index >= 15 is 0 Å². The van der Waals surface area contributed by atoms with E-state index < -0.39 is 0 Å². The summed E-state index contributed by atoms with van der Waals surface area (Å²) in [5, 5.41) is 0. The van der Waals surface area contributed by atoms with E-state index in [1.54, 1.807) is 37.7 Å². The van der Waals surface area contributed by atoms with Crippen LogP contribution in [0.5, 0.6) is 5.75 Å². The fraction of sp³-hybridized carbons (Fsp3) is 0.0769. The first-order valence-corrected chi connectivity index (χ1v) is 5.42. The summed E-state index contributed by atoms with van der Waals surface area (Å²) in [4.78, 5) is 8.40. The Morgan fingerprint density at radius 1 is 1.28 bits per heavy atom. The van der Waals surface area contributed by atoms with E-state index in [1.807, 2.05) is 6.07 Å². The summed E-state index contributed by atoms with van der Waals surface area (Å²) >= 11 is 0. The van der Waals surface area contributed by atoms with Crippen molar-refractivity contribution < 1.29 is 9.15 Å². The zero-order chi connectivity index (χ0) is 12.5. The molecule has 5 heteroatoms. The molecule has 0 bridgehead atoms. The molecule has 0 radical (unpaired) electrons. The van der Waals surface area contributed by atoms with E-state index in [9.17, 15) is 0 Å². The molecule has 0 saturated heterocycles. The average molecular weight is 241 g/mol. The fourth-order valence-corrected chi connectivity index (χ4v) is 1.78. The molecule has 0 unspecified atom stereocenters. The molecule has 5 nitrogen and oxygen atoms in total. The molecule has 2 N–H and O–H groups in total. The first-order chi connectivity index (χ1) is 8.78. The number of aromatic nitrogens is 2. The number of fused-ring (bicyclic) bond motifs is 1. The molecular weight excluding hydrogens is 230 g/mol. The molecule has 2 heterocycles. The van der Waals surface area contributed by atoms with Crippen molar-refractivity contribution in [1.29, 1.82) is 0 Å². The number of ether oxygens (including phenoxy) is 1. The van der Waals surface area contributed by atoms with Crippen molar-refractivity contribution in [2.24, 2.45) is 0 Å². The van der Waals surface area contributed by atoms with E-state index in [0.29, 0.717) is 22.9 Å². The van der Waals surface area contributed by atoms with E-state index in [0.717, 1.165) is 11.1 Å². The van der Waals surface area contributed by atoms with Crippen molar-refractivity contribution in [3.05, 3.63) is 36.7 Å². The topological polar surface area (TPSA) is 74.2 Å². The lowest BCUT2D eigenvalue weighted by molar-refractivity contribution is 0.413. The van der Waals surface area contributed by atoms with Crippen LogP contribution in [0.25, 0.3) is 22.6 Å². The lowest BCUT2D eigenvalue weighted by Crippen LogP contribution is -1.88. The number of hydrogen-bond acceptors (Lipinski definition) is 5. The van der Waals surface area contributed by atoms with Gasteiger partial charge < -0.3 is 14.9 Å². The molecule has 0 atom stereocenters. The van der Waals surface area contributed by atoms with Crippen LogP contribution in [0.3, 0.4) is 0 Å². The van der Waals surface area contributed by atoms with Gasteiger partial charge in [-0.05, 0) is 18.2 Å². The maximum absolute atomic E-state index is 5.71. The summed E-state index contributed by atoms with van der Waals surface area (Å²) in [6.45, 7) is 0. The van der Waals surface area contributed by atoms with Crippen LogP contribution in [-0.4, -0.2) is 17.1 Å². The van der Waals surface area contributed by atoms with E-state index in [2.05, 4.69) is 9.97 Å². The van der Waals surface area contributed by atoms with Crippen molar-refractivity contribution in [2.45, 2.75) is 0 Å². The Kier molecular flexibility index (Phi) is 2.37. The number of nitrogens with zero attached hydrogens (tertiary/aromatic N) is 2. The molecule has 3 rings (SSSR count). The Bertz CT molecular complexity index is 706. The first-order valence-electron chi connectivity index (χ1n) is 5.42. The van der Waals surface area contributed by atoms with Crippen LogP contribution in [0.1, 0.15) is 0 Å². The van der Waals surface area contributed by atoms with Gasteiger partial charge in [0.05, 0.1) is 18.9 Å². The Hall–Kier alpha value is -2.56. The highest BCUT2D eigenvalue weighted by Gasteiger charge is 2.12. The summed E-state index contributed by atoms with van der Waals surface area (Å²) in [5.74, 6) is 1.12. The van der Waals surface area contributed by atoms with Crippen LogP contribution in [0.15, 0.2) is 41.1 Å². The zero-order valence-electron chi connectivity index (χ0n) is 9.75. The third-order valence-electron chi connectivity index (χ3n) is 2.65. The molecule has 0 saturated carbocycles. The van der Waals surface area contributed by atoms with Crippen molar-refractivity contribution in [2.75, 3.05) is 12.8 Å². The second-order valence-electron chi connectivity index (χ2n) is 3.82. The number of pyridine rings is 1. The molecule has 0 fully saturated rings. The minimum Gasteiger partial charge on any atom is -0.494 e. The summed E-state index contributed by atoms with van der Waals surface area (Å²) in [6, 6.07) is 7.16. The first kappa shape index (κ1) is 10.6. The molecule has 18 heavy (non-hydrogen) atoms. The lowest BCUT2D eigenvalue weighted by Gasteiger charge is -2.02. The highest BCUT2D eigenvalue weighted by atomic mass is 16.5. The largest absolute Gasteiger partial charge is 0.494 e. The third-order valence-corrected chi connectivity index (χ3v) is 2.65. The Morgan fingerprint density at radius 2 is 2.17 bits per heavy atom. The third kappa shape index (κ3) is 1.66. The van der Waals surface area contributed by atoms with Gasteiger partial charge in [0.2, 0.25) is 5.89 Å². The number of oxazole rings is 1. The Balaban J connectivity index is 2.19. The number of anilines is 1. The summed E-state index contributed by atoms with van der Waals surface area (Å²) in [6.07, 6.45) is 3.29. The van der Waals surface area contributed by atoms with Crippen molar-refractivity contribution in [3.63, 3.8) is 0 Å². The number of nitrogens with two attached hydrogens (primary N) is 1. The van der Waals surface area contributed by atoms with E-state index in [4.69, 9.17) is 14.9 Å². The molecule has 0 amide bonds. The number of rotatable bonds is 2. The predicted octanol–water partition coefficient (Wildman–Crippen LogP) is 2.48. The summed E-state index contributed by atoms with van der Waals surface area (Å²) in [7, 11) is 1.58. The molecule has 3 aromatic rings. The van der Waals surface area contributed by atoms with Crippen molar-refractivity contribution in [1.82, 2.24) is 9.97 Å². The van der Waals surface area contributed by atoms with Gasteiger partial charge in [0, 0.05) is 18.0 Å². The average Bonchev–Trinajstić information content (AvgIpc) is 2.81. The van der Waals surface area contributed by atoms with E-state index in [1.165, 1.54) is 0 Å². The highest BCUT2D eigenvalue weighted by molar-refractivity contribution is 5.80. The zero-order valence-corrected chi connectivity index (χ0v) is 9.75. The van der Waals surface area contributed by atoms with Crippen LogP contribution < -0.4 is 10.5 Å². The lowest BCUT2D eigenvalue weighted by atomic mass is 10.2. The second-order valence-corrected chi connectivity index (χ2v) is 3.82. The number of nitrogen functional groups attached to an aromatic ring is 1. The number of methoxy groups -OCH3 is 1. The molecule has 2 aromatic heterocycles. The highest BCUT2D eigenvalue weighted by Crippen LogP contribution is 2.31. The van der Waals surface area contributed by atoms with Crippen LogP contribution >= 0.6 is 0 Å². The molecule has 1 aromatic carbocycles. The standard InChI is InChI=1S/C13H11N3O2/c1-17-12-7-15-5-4-9(12)13-16-10-3-2-8(14)6-11(10)18-13/h2-7H,14H2,1H3. The van der Waals surface area contributed by atoms with Gasteiger partial charge in [-0.15, -0.1) is 0 Å². The number of benzene rings is 1. The van der Waals surface area contributed by atoms with Gasteiger partial charge in [-0.3, -0.25) is 4.98 Å². The minimum atomic E-state index is 0.495. The summed E-state index contributed by atoms with van der Waals surface area (Å²) < 4.78 is 10.9. The van der Waals surface area contributed by atoms with Gasteiger partial charge in [0.1, 0.15) is 11.3 Å². The molecule has 0 aliphatic carbocycles. The second kappa shape index (κ2) is 4.03. The molecule has 0 spiro atoms. The molecule has 0 aliphatic rings. The van der Waals surface area contributed by atoms with Gasteiger partial charge in [0.15, 0.2) is 5.58 Å². The quantitative estimate of drug-likeness (QED) is 0.697. The van der Waals surface area contributed by atoms with Gasteiger partial charge in [-0.2, -0.15) is 0 Å². The normalized spacial score (nSPS) is 10.7. The molecule has 0 aliphatic heterocycles. The van der Waals surface area contributed by atoms with Crippen LogP contribution in [0, 0.1) is 0 Å². The SMILES string of the molecule is COc1cnccc1-c1nc2ccc(N)cc2o1. The monoisotopic (exact) mass is 241 g/mol. The van der Waals surface area contributed by atoms with Gasteiger partial charge in [0.25, 0.3) is 0 Å². The minimum absolute atomic E-state index is 0.495. The maximum atomic E-state index is 5.71. The van der Waals surface area contributed by atoms with Gasteiger partial charge in [-0.25, -0.2) is 4.98 Å². The maximum Gasteiger partial charge on any atom is 0.231 e. The van der Waals surface area contributed by atoms with Crippen LogP contribution in [0.4, 0.5) is 5.69 Å². The molecule has 90 valence electrons. The smallest absolute Gasteiger partial charge is 0.231 e. The van der Waals surface area contributed by atoms with Crippen LogP contribution in [-0.2, 0) is 0 Å². The van der Waals surface area contributed by atoms with Crippen molar-refractivity contribution >= 4 is 16.8 Å². The number of hydrogen-bond donors (Lipinski definition) is 1. The summed E-state index contributed by atoms with van der Waals surface area (Å²) in [5.41, 5.74) is 8.54. The van der Waals surface area contributed by atoms with E-state index in [-0.39, 0.29) is 0 Å². The molecular formula is C13H11N3O2.